The van der Waals surface area contributed by atoms with Crippen LogP contribution in [0.2, 0.25) is 0 Å². The Morgan fingerprint density at radius 1 is 1.19 bits per heavy atom. The Bertz CT molecular complexity index is 1080. The van der Waals surface area contributed by atoms with Crippen LogP contribution in [0, 0.1) is 13.8 Å². The molecule has 1 heterocycles. The van der Waals surface area contributed by atoms with Crippen LogP contribution in [0.15, 0.2) is 54.6 Å². The predicted molar refractivity (Wildman–Crippen MR) is 132 cm³/mol. The van der Waals surface area contributed by atoms with Gasteiger partial charge in [0.05, 0.1) is 24.3 Å². The first-order valence-corrected chi connectivity index (χ1v) is 12.0. The molecule has 1 aliphatic heterocycles. The summed E-state index contributed by atoms with van der Waals surface area (Å²) in [7, 11) is 0. The van der Waals surface area contributed by atoms with Crippen LogP contribution >= 0.6 is 0 Å². The normalized spacial score (nSPS) is 17.4. The number of benzene rings is 2. The van der Waals surface area contributed by atoms with Gasteiger partial charge in [-0.25, -0.2) is 9.59 Å². The Labute approximate surface area is 210 Å². The highest BCUT2D eigenvalue weighted by Crippen LogP contribution is 2.34. The Morgan fingerprint density at radius 3 is 2.44 bits per heavy atom. The zero-order chi connectivity index (χ0) is 26.5. The molecule has 8 heteroatoms. The van der Waals surface area contributed by atoms with Gasteiger partial charge in [-0.15, -0.1) is 0 Å². The number of aliphatic hydroxyl groups is 1. The number of alkyl halides is 2. The molecule has 1 fully saturated rings. The molecule has 36 heavy (non-hydrogen) atoms. The van der Waals surface area contributed by atoms with Gasteiger partial charge in [0.1, 0.15) is 6.10 Å². The molecule has 1 aliphatic rings. The van der Waals surface area contributed by atoms with Crippen LogP contribution in [0.25, 0.3) is 0 Å². The van der Waals surface area contributed by atoms with Crippen LogP contribution in [0.4, 0.5) is 13.6 Å². The quantitative estimate of drug-likeness (QED) is 0.371. The molecule has 1 amide bonds. The molecule has 2 aromatic rings. The van der Waals surface area contributed by atoms with Gasteiger partial charge in [-0.2, -0.15) is 8.78 Å². The topological polar surface area (TPSA) is 76.1 Å². The van der Waals surface area contributed by atoms with Crippen molar-refractivity contribution in [2.45, 2.75) is 64.7 Å². The number of amides is 1. The number of carbonyl (C=O) groups is 2. The SMILES string of the molecule is Cc1cc(C)cc(C(F)(F)C(O)C=C[C@H]2CCOC(=O)N2CCc2ccc(C(=O)OC(C)C)cc2)c1. The summed E-state index contributed by atoms with van der Waals surface area (Å²) in [6.45, 7) is 7.46. The van der Waals surface area contributed by atoms with Gasteiger partial charge in [-0.1, -0.05) is 41.5 Å². The van der Waals surface area contributed by atoms with E-state index in [1.807, 2.05) is 0 Å². The number of aliphatic hydroxyl groups excluding tert-OH is 1. The fourth-order valence-electron chi connectivity index (χ4n) is 4.13. The van der Waals surface area contributed by atoms with Gasteiger partial charge in [-0.3, -0.25) is 0 Å². The van der Waals surface area contributed by atoms with E-state index in [9.17, 15) is 23.5 Å². The van der Waals surface area contributed by atoms with Gasteiger partial charge in [0.2, 0.25) is 0 Å². The maximum Gasteiger partial charge on any atom is 0.410 e. The molecule has 2 atom stereocenters. The summed E-state index contributed by atoms with van der Waals surface area (Å²) < 4.78 is 40.2. The van der Waals surface area contributed by atoms with Crippen molar-refractivity contribution in [1.29, 1.82) is 0 Å². The molecule has 3 rings (SSSR count). The number of halogens is 2. The molecule has 0 spiro atoms. The third-order valence-corrected chi connectivity index (χ3v) is 5.94. The van der Waals surface area contributed by atoms with E-state index in [-0.39, 0.29) is 24.8 Å². The number of aryl methyl sites for hydroxylation is 2. The summed E-state index contributed by atoms with van der Waals surface area (Å²) in [5.41, 5.74) is 2.44. The third kappa shape index (κ3) is 6.91. The summed E-state index contributed by atoms with van der Waals surface area (Å²) in [5.74, 6) is -3.89. The minimum atomic E-state index is -3.48. The first-order valence-electron chi connectivity index (χ1n) is 12.0. The van der Waals surface area contributed by atoms with E-state index < -0.39 is 30.1 Å². The van der Waals surface area contributed by atoms with Crippen molar-refractivity contribution >= 4 is 12.1 Å². The van der Waals surface area contributed by atoms with Gasteiger partial charge >= 0.3 is 18.0 Å². The van der Waals surface area contributed by atoms with Crippen molar-refractivity contribution < 1.29 is 33.0 Å². The standard InChI is InChI=1S/C28H33F2NO5/c1-18(2)36-26(33)22-7-5-21(6-8-22)11-13-31-24(12-14-35-27(31)34)9-10-25(32)28(29,30)23-16-19(3)15-20(4)17-23/h5-10,15-18,24-25,32H,11-14H2,1-4H3/t24-,25?/m0/s1. The summed E-state index contributed by atoms with van der Waals surface area (Å²) in [5, 5.41) is 10.3. The van der Waals surface area contributed by atoms with E-state index in [2.05, 4.69) is 0 Å². The average Bonchev–Trinajstić information content (AvgIpc) is 2.81. The lowest BCUT2D eigenvalue weighted by Gasteiger charge is -2.33. The lowest BCUT2D eigenvalue weighted by molar-refractivity contribution is -0.0930. The maximum absolute atomic E-state index is 14.9. The third-order valence-electron chi connectivity index (χ3n) is 5.94. The number of hydrogen-bond acceptors (Lipinski definition) is 5. The first-order chi connectivity index (χ1) is 17.0. The Kier molecular flexibility index (Phi) is 8.84. The van der Waals surface area contributed by atoms with E-state index >= 15 is 0 Å². The summed E-state index contributed by atoms with van der Waals surface area (Å²) >= 11 is 0. The molecule has 2 aromatic carbocycles. The van der Waals surface area contributed by atoms with Gasteiger partial charge in [0.25, 0.3) is 0 Å². The second kappa shape index (κ2) is 11.6. The molecule has 1 saturated heterocycles. The van der Waals surface area contributed by atoms with Gasteiger partial charge in [0.15, 0.2) is 0 Å². The van der Waals surface area contributed by atoms with Crippen molar-refractivity contribution in [2.75, 3.05) is 13.2 Å². The smallest absolute Gasteiger partial charge is 0.410 e. The highest BCUT2D eigenvalue weighted by molar-refractivity contribution is 5.89. The van der Waals surface area contributed by atoms with Crippen molar-refractivity contribution in [3.05, 3.63) is 82.4 Å². The Balaban J connectivity index is 1.67. The number of carbonyl (C=O) groups excluding carboxylic acids is 2. The largest absolute Gasteiger partial charge is 0.459 e. The molecule has 6 nitrogen and oxygen atoms in total. The molecule has 1 unspecified atom stereocenters. The van der Waals surface area contributed by atoms with E-state index in [1.165, 1.54) is 23.1 Å². The summed E-state index contributed by atoms with van der Waals surface area (Å²) in [4.78, 5) is 25.9. The van der Waals surface area contributed by atoms with Crippen molar-refractivity contribution in [3.63, 3.8) is 0 Å². The number of hydrogen-bond donors (Lipinski definition) is 1. The van der Waals surface area contributed by atoms with Crippen LogP contribution in [0.5, 0.6) is 0 Å². The molecule has 1 N–H and O–H groups in total. The number of cyclic esters (lactones) is 1. The molecule has 0 saturated carbocycles. The van der Waals surface area contributed by atoms with Crippen LogP contribution in [-0.4, -0.2) is 53.5 Å². The van der Waals surface area contributed by atoms with Crippen molar-refractivity contribution in [3.8, 4) is 0 Å². The zero-order valence-corrected chi connectivity index (χ0v) is 21.0. The molecular weight excluding hydrogens is 468 g/mol. The van der Waals surface area contributed by atoms with Crippen molar-refractivity contribution in [2.24, 2.45) is 0 Å². The van der Waals surface area contributed by atoms with E-state index in [0.717, 1.165) is 11.6 Å². The summed E-state index contributed by atoms with van der Waals surface area (Å²) in [6.07, 6.45) is 0.604. The fraction of sp³-hybridized carbons (Fsp3) is 0.429. The lowest BCUT2D eigenvalue weighted by Crippen LogP contribution is -2.45. The van der Waals surface area contributed by atoms with Gasteiger partial charge in [-0.05, 0) is 63.9 Å². The monoisotopic (exact) mass is 501 g/mol. The van der Waals surface area contributed by atoms with Crippen LogP contribution in [-0.2, 0) is 21.8 Å². The number of esters is 1. The van der Waals surface area contributed by atoms with E-state index in [0.29, 0.717) is 29.5 Å². The van der Waals surface area contributed by atoms with Crippen LogP contribution < -0.4 is 0 Å². The molecule has 0 aliphatic carbocycles. The predicted octanol–water partition coefficient (Wildman–Crippen LogP) is 5.33. The summed E-state index contributed by atoms with van der Waals surface area (Å²) in [6, 6.07) is 10.9. The highest BCUT2D eigenvalue weighted by Gasteiger charge is 2.39. The van der Waals surface area contributed by atoms with Crippen LogP contribution in [0.3, 0.4) is 0 Å². The molecule has 0 radical (unpaired) electrons. The number of nitrogens with zero attached hydrogens (tertiary/aromatic N) is 1. The zero-order valence-electron chi connectivity index (χ0n) is 21.0. The van der Waals surface area contributed by atoms with E-state index in [1.54, 1.807) is 58.0 Å². The number of ether oxygens (including phenoxy) is 2. The number of rotatable bonds is 9. The minimum Gasteiger partial charge on any atom is -0.459 e. The maximum atomic E-state index is 14.9. The minimum absolute atomic E-state index is 0.167. The van der Waals surface area contributed by atoms with E-state index in [4.69, 9.17) is 9.47 Å². The molecular formula is C28H33F2NO5. The second-order valence-corrected chi connectivity index (χ2v) is 9.39. The molecule has 194 valence electrons. The first kappa shape index (κ1) is 27.3. The Morgan fingerprint density at radius 2 is 1.83 bits per heavy atom. The van der Waals surface area contributed by atoms with Crippen LogP contribution in [0.1, 0.15) is 52.9 Å². The second-order valence-electron chi connectivity index (χ2n) is 9.39. The average molecular weight is 502 g/mol. The Hall–Kier alpha value is -3.26. The molecule has 0 aromatic heterocycles. The van der Waals surface area contributed by atoms with Crippen molar-refractivity contribution in [1.82, 2.24) is 4.90 Å². The van der Waals surface area contributed by atoms with Gasteiger partial charge in [0, 0.05) is 18.5 Å². The fourth-order valence-corrected chi connectivity index (χ4v) is 4.13. The highest BCUT2D eigenvalue weighted by atomic mass is 19.3. The van der Waals surface area contributed by atoms with Gasteiger partial charge < -0.3 is 19.5 Å². The molecule has 0 bridgehead atoms. The lowest BCUT2D eigenvalue weighted by atomic mass is 9.97.